The summed E-state index contributed by atoms with van der Waals surface area (Å²) in [5, 5.41) is 10.9. The van der Waals surface area contributed by atoms with Gasteiger partial charge in [-0.2, -0.15) is 0 Å². The van der Waals surface area contributed by atoms with E-state index in [4.69, 9.17) is 16.3 Å². The van der Waals surface area contributed by atoms with E-state index in [1.807, 2.05) is 31.2 Å². The fourth-order valence-corrected chi connectivity index (χ4v) is 2.52. The van der Waals surface area contributed by atoms with Crippen LogP contribution in [0.4, 0.5) is 0 Å². The summed E-state index contributed by atoms with van der Waals surface area (Å²) >= 11 is 5.91. The van der Waals surface area contributed by atoms with Gasteiger partial charge in [-0.15, -0.1) is 0 Å². The summed E-state index contributed by atoms with van der Waals surface area (Å²) in [6, 6.07) is 7.67. The summed E-state index contributed by atoms with van der Waals surface area (Å²) in [5.74, 6) is 0.249. The van der Waals surface area contributed by atoms with Crippen LogP contribution in [0.1, 0.15) is 18.9 Å². The molecular weight excluding hydrogens is 224 g/mol. The highest BCUT2D eigenvalue weighted by Gasteiger charge is 2.30. The lowest BCUT2D eigenvalue weighted by Crippen LogP contribution is -2.28. The Morgan fingerprint density at radius 2 is 2.38 bits per heavy atom. The number of halogens is 1. The molecule has 1 heterocycles. The minimum Gasteiger partial charge on any atom is -0.392 e. The van der Waals surface area contributed by atoms with E-state index in [2.05, 4.69) is 0 Å². The first-order valence-corrected chi connectivity index (χ1v) is 6.08. The van der Waals surface area contributed by atoms with Crippen molar-refractivity contribution in [3.63, 3.8) is 0 Å². The van der Waals surface area contributed by atoms with Crippen molar-refractivity contribution >= 4 is 11.6 Å². The highest BCUT2D eigenvalue weighted by atomic mass is 35.5. The van der Waals surface area contributed by atoms with Crippen LogP contribution in [0.2, 0.25) is 5.02 Å². The molecule has 1 aromatic carbocycles. The number of ether oxygens (including phenoxy) is 1. The normalized spacial score (nSPS) is 26.9. The molecular formula is C13H17ClO2. The molecule has 0 bridgehead atoms. The van der Waals surface area contributed by atoms with Crippen molar-refractivity contribution in [2.24, 2.45) is 5.92 Å². The number of rotatable bonds is 3. The Hall–Kier alpha value is -0.570. The monoisotopic (exact) mass is 240 g/mol. The van der Waals surface area contributed by atoms with Crippen LogP contribution in [-0.2, 0) is 11.2 Å². The van der Waals surface area contributed by atoms with Crippen molar-refractivity contribution in [1.82, 2.24) is 0 Å². The minimum absolute atomic E-state index is 0.161. The van der Waals surface area contributed by atoms with Crippen molar-refractivity contribution in [3.8, 4) is 0 Å². The average molecular weight is 241 g/mol. The highest BCUT2D eigenvalue weighted by Crippen LogP contribution is 2.26. The van der Waals surface area contributed by atoms with Crippen molar-refractivity contribution in [2.45, 2.75) is 32.0 Å². The maximum Gasteiger partial charge on any atom is 0.0634 e. The van der Waals surface area contributed by atoms with Crippen molar-refractivity contribution in [3.05, 3.63) is 34.9 Å². The first kappa shape index (κ1) is 11.9. The van der Waals surface area contributed by atoms with Crippen LogP contribution in [0, 0.1) is 5.92 Å². The lowest BCUT2D eigenvalue weighted by atomic mass is 9.91. The van der Waals surface area contributed by atoms with Gasteiger partial charge in [0.15, 0.2) is 0 Å². The summed E-state index contributed by atoms with van der Waals surface area (Å²) in [7, 11) is 0. The summed E-state index contributed by atoms with van der Waals surface area (Å²) in [6.45, 7) is 2.79. The maximum absolute atomic E-state index is 10.1. The molecule has 0 amide bonds. The van der Waals surface area contributed by atoms with Crippen LogP contribution in [0.5, 0.6) is 0 Å². The molecule has 0 spiro atoms. The first-order chi connectivity index (χ1) is 7.66. The van der Waals surface area contributed by atoms with E-state index in [0.29, 0.717) is 6.42 Å². The van der Waals surface area contributed by atoms with E-state index >= 15 is 0 Å². The average Bonchev–Trinajstić information content (AvgIpc) is 2.64. The largest absolute Gasteiger partial charge is 0.392 e. The number of hydrogen-bond donors (Lipinski definition) is 1. The molecule has 2 rings (SSSR count). The number of hydrogen-bond acceptors (Lipinski definition) is 2. The Bertz CT molecular complexity index is 354. The Balaban J connectivity index is 1.99. The van der Waals surface area contributed by atoms with Crippen LogP contribution < -0.4 is 0 Å². The van der Waals surface area contributed by atoms with E-state index in [1.165, 1.54) is 0 Å². The van der Waals surface area contributed by atoms with E-state index in [9.17, 15) is 5.11 Å². The Morgan fingerprint density at radius 3 is 3.00 bits per heavy atom. The maximum atomic E-state index is 10.1. The van der Waals surface area contributed by atoms with Gasteiger partial charge in [0.25, 0.3) is 0 Å². The van der Waals surface area contributed by atoms with E-state index < -0.39 is 0 Å². The Kier molecular flexibility index (Phi) is 3.85. The van der Waals surface area contributed by atoms with Crippen LogP contribution in [0.25, 0.3) is 0 Å². The highest BCUT2D eigenvalue weighted by molar-refractivity contribution is 6.30. The van der Waals surface area contributed by atoms with Gasteiger partial charge < -0.3 is 9.84 Å². The fraction of sp³-hybridized carbons (Fsp3) is 0.538. The van der Waals surface area contributed by atoms with Crippen LogP contribution >= 0.6 is 11.6 Å². The van der Waals surface area contributed by atoms with Gasteiger partial charge in [-0.3, -0.25) is 0 Å². The lowest BCUT2D eigenvalue weighted by Gasteiger charge is -2.20. The first-order valence-electron chi connectivity index (χ1n) is 5.71. The Morgan fingerprint density at radius 1 is 1.56 bits per heavy atom. The smallest absolute Gasteiger partial charge is 0.0634 e. The van der Waals surface area contributed by atoms with Crippen molar-refractivity contribution < 1.29 is 9.84 Å². The minimum atomic E-state index is -0.337. The predicted octanol–water partition coefficient (Wildman–Crippen LogP) is 2.67. The molecule has 2 nitrogen and oxygen atoms in total. The molecule has 0 saturated carbocycles. The molecule has 1 aromatic rings. The van der Waals surface area contributed by atoms with Gasteiger partial charge in [0.05, 0.1) is 12.2 Å². The molecule has 3 atom stereocenters. The van der Waals surface area contributed by atoms with Gasteiger partial charge >= 0.3 is 0 Å². The van der Waals surface area contributed by atoms with E-state index in [0.717, 1.165) is 23.6 Å². The molecule has 88 valence electrons. The molecule has 0 aromatic heterocycles. The quantitative estimate of drug-likeness (QED) is 0.880. The van der Waals surface area contributed by atoms with E-state index in [-0.39, 0.29) is 18.1 Å². The number of benzene rings is 1. The third-order valence-electron chi connectivity index (χ3n) is 3.26. The molecule has 3 unspecified atom stereocenters. The van der Waals surface area contributed by atoms with Crippen LogP contribution in [0.3, 0.4) is 0 Å². The second kappa shape index (κ2) is 5.17. The van der Waals surface area contributed by atoms with Crippen LogP contribution in [-0.4, -0.2) is 23.9 Å². The zero-order valence-electron chi connectivity index (χ0n) is 9.40. The van der Waals surface area contributed by atoms with Crippen LogP contribution in [0.15, 0.2) is 24.3 Å². The van der Waals surface area contributed by atoms with Crippen molar-refractivity contribution in [2.75, 3.05) is 6.61 Å². The van der Waals surface area contributed by atoms with Gasteiger partial charge in [0.1, 0.15) is 0 Å². The zero-order valence-corrected chi connectivity index (χ0v) is 10.2. The van der Waals surface area contributed by atoms with Gasteiger partial charge in [-0.05, 0) is 37.5 Å². The van der Waals surface area contributed by atoms with Gasteiger partial charge in [-0.25, -0.2) is 0 Å². The third kappa shape index (κ3) is 2.76. The fourth-order valence-electron chi connectivity index (χ4n) is 2.31. The second-order valence-electron chi connectivity index (χ2n) is 4.43. The third-order valence-corrected chi connectivity index (χ3v) is 3.50. The Labute approximate surface area is 101 Å². The zero-order chi connectivity index (χ0) is 11.5. The summed E-state index contributed by atoms with van der Waals surface area (Å²) in [5.41, 5.74) is 1.08. The predicted molar refractivity (Wildman–Crippen MR) is 64.7 cm³/mol. The summed E-state index contributed by atoms with van der Waals surface area (Å²) in [6.07, 6.45) is 1.42. The molecule has 0 aliphatic carbocycles. The lowest BCUT2D eigenvalue weighted by molar-refractivity contribution is 0.0441. The van der Waals surface area contributed by atoms with Gasteiger partial charge in [0.2, 0.25) is 0 Å². The molecule has 16 heavy (non-hydrogen) atoms. The van der Waals surface area contributed by atoms with Gasteiger partial charge in [0, 0.05) is 17.5 Å². The van der Waals surface area contributed by atoms with Gasteiger partial charge in [-0.1, -0.05) is 23.7 Å². The molecule has 1 fully saturated rings. The second-order valence-corrected chi connectivity index (χ2v) is 4.87. The SMILES string of the molecule is CC1OCCC1C(O)Cc1cccc(Cl)c1. The number of aliphatic hydroxyl groups is 1. The number of aliphatic hydroxyl groups excluding tert-OH is 1. The molecule has 3 heteroatoms. The molecule has 1 aliphatic heterocycles. The standard InChI is InChI=1S/C13H17ClO2/c1-9-12(5-6-16-9)13(15)8-10-3-2-4-11(14)7-10/h2-4,7,9,12-13,15H,5-6,8H2,1H3. The molecule has 1 saturated heterocycles. The topological polar surface area (TPSA) is 29.5 Å². The molecule has 0 radical (unpaired) electrons. The van der Waals surface area contributed by atoms with E-state index in [1.54, 1.807) is 0 Å². The summed E-state index contributed by atoms with van der Waals surface area (Å²) in [4.78, 5) is 0. The molecule has 1 aliphatic rings. The summed E-state index contributed by atoms with van der Waals surface area (Å²) < 4.78 is 5.46. The molecule has 1 N–H and O–H groups in total. The van der Waals surface area contributed by atoms with Crippen molar-refractivity contribution in [1.29, 1.82) is 0 Å².